The fourth-order valence-corrected chi connectivity index (χ4v) is 5.29. The number of nitrogens with zero attached hydrogens (tertiary/aromatic N) is 5. The molecule has 2 N–H and O–H groups in total. The number of benzene rings is 2. The van der Waals surface area contributed by atoms with Gasteiger partial charge in [0.25, 0.3) is 5.91 Å². The Hall–Kier alpha value is -3.53. The van der Waals surface area contributed by atoms with Crippen LogP contribution >= 0.6 is 11.6 Å². The Morgan fingerprint density at radius 2 is 2.00 bits per heavy atom. The number of aliphatic hydroxyl groups is 1. The van der Waals surface area contributed by atoms with Crippen LogP contribution in [0, 0.1) is 5.82 Å². The third kappa shape index (κ3) is 5.90. The molecule has 10 heteroatoms. The molecule has 3 aromatic rings. The number of nitrogens with one attached hydrogen (secondary N) is 1. The number of rotatable bonds is 7. The maximum atomic E-state index is 14.3. The summed E-state index contributed by atoms with van der Waals surface area (Å²) in [5.74, 6) is 0.805. The van der Waals surface area contributed by atoms with Crippen molar-refractivity contribution in [2.45, 2.75) is 13.0 Å². The van der Waals surface area contributed by atoms with Gasteiger partial charge < -0.3 is 20.2 Å². The molecule has 3 heterocycles. The van der Waals surface area contributed by atoms with E-state index in [1.807, 2.05) is 29.2 Å². The molecule has 8 nitrogen and oxygen atoms in total. The molecule has 1 saturated heterocycles. The summed E-state index contributed by atoms with van der Waals surface area (Å²) in [6.45, 7) is 9.11. The molecule has 1 amide bonds. The van der Waals surface area contributed by atoms with E-state index in [0.29, 0.717) is 61.2 Å². The average Bonchev–Trinajstić information content (AvgIpc) is 3.17. The van der Waals surface area contributed by atoms with Crippen molar-refractivity contribution < 1.29 is 14.3 Å². The van der Waals surface area contributed by atoms with Gasteiger partial charge in [0.05, 0.1) is 23.5 Å². The molecule has 0 aliphatic carbocycles. The quantitative estimate of drug-likeness (QED) is 0.457. The molecule has 204 valence electrons. The normalized spacial score (nSPS) is 15.9. The second-order valence-electron chi connectivity index (χ2n) is 9.70. The standard InChI is InChI=1S/C29H32ClFN6O2/c1-2-20-7-8-24(31)26(30)23(20)19-37-10-4-9-32-27-28(37)34-25(18-33-27)21-5-3-6-22(17-21)29(39)36-13-11-35(12-14-36)15-16-38/h2-3,5-8,17-18,38H,1,4,9-16,19H2,(H,32,33). The predicted molar refractivity (Wildman–Crippen MR) is 153 cm³/mol. The monoisotopic (exact) mass is 550 g/mol. The number of halogens is 2. The van der Waals surface area contributed by atoms with Crippen LogP contribution in [0.3, 0.4) is 0 Å². The van der Waals surface area contributed by atoms with E-state index >= 15 is 0 Å². The second-order valence-corrected chi connectivity index (χ2v) is 10.1. The first-order valence-electron chi connectivity index (χ1n) is 13.2. The highest BCUT2D eigenvalue weighted by molar-refractivity contribution is 6.31. The van der Waals surface area contributed by atoms with E-state index < -0.39 is 5.82 Å². The first-order chi connectivity index (χ1) is 19.0. The van der Waals surface area contributed by atoms with E-state index in [4.69, 9.17) is 16.6 Å². The molecule has 1 fully saturated rings. The van der Waals surface area contributed by atoms with Gasteiger partial charge in [-0.2, -0.15) is 0 Å². The number of hydrogen-bond donors (Lipinski definition) is 2. The minimum atomic E-state index is -0.471. The zero-order chi connectivity index (χ0) is 27.4. The largest absolute Gasteiger partial charge is 0.395 e. The molecule has 39 heavy (non-hydrogen) atoms. The topological polar surface area (TPSA) is 84.8 Å². The van der Waals surface area contributed by atoms with Gasteiger partial charge in [0, 0.05) is 69.0 Å². The van der Waals surface area contributed by atoms with Crippen molar-refractivity contribution in [3.05, 3.63) is 76.7 Å². The van der Waals surface area contributed by atoms with Crippen LogP contribution in [0.1, 0.15) is 27.9 Å². The summed E-state index contributed by atoms with van der Waals surface area (Å²) in [6, 6.07) is 10.5. The molecule has 0 atom stereocenters. The first kappa shape index (κ1) is 27.1. The van der Waals surface area contributed by atoms with Crippen LogP contribution in [0.25, 0.3) is 17.3 Å². The number of carbonyl (C=O) groups excluding carboxylic acids is 1. The van der Waals surface area contributed by atoms with Gasteiger partial charge in [-0.1, -0.05) is 42.5 Å². The average molecular weight is 551 g/mol. The van der Waals surface area contributed by atoms with Crippen molar-refractivity contribution in [1.29, 1.82) is 0 Å². The second kappa shape index (κ2) is 12.1. The maximum absolute atomic E-state index is 14.3. The van der Waals surface area contributed by atoms with Crippen molar-refractivity contribution in [3.8, 4) is 11.3 Å². The number of β-amino-alcohol motifs (C(OH)–C–C–N with tert-alkyl or cyclic N) is 1. The van der Waals surface area contributed by atoms with E-state index in [1.54, 1.807) is 18.3 Å². The zero-order valence-corrected chi connectivity index (χ0v) is 22.5. The summed E-state index contributed by atoms with van der Waals surface area (Å²) in [6.07, 6.45) is 4.23. The Kier molecular flexibility index (Phi) is 8.40. The molecule has 1 aromatic heterocycles. The van der Waals surface area contributed by atoms with E-state index in [9.17, 15) is 14.3 Å². The van der Waals surface area contributed by atoms with Crippen molar-refractivity contribution in [3.63, 3.8) is 0 Å². The highest BCUT2D eigenvalue weighted by Crippen LogP contribution is 2.32. The van der Waals surface area contributed by atoms with Crippen molar-refractivity contribution in [2.24, 2.45) is 0 Å². The van der Waals surface area contributed by atoms with Gasteiger partial charge >= 0.3 is 0 Å². The number of amides is 1. The summed E-state index contributed by atoms with van der Waals surface area (Å²) in [5.41, 5.74) is 3.44. The Morgan fingerprint density at radius 1 is 1.18 bits per heavy atom. The number of anilines is 2. The number of hydrogen-bond acceptors (Lipinski definition) is 7. The van der Waals surface area contributed by atoms with E-state index in [1.165, 1.54) is 6.07 Å². The van der Waals surface area contributed by atoms with Crippen LogP contribution in [0.5, 0.6) is 0 Å². The highest BCUT2D eigenvalue weighted by Gasteiger charge is 2.24. The van der Waals surface area contributed by atoms with Crippen LogP contribution in [-0.4, -0.2) is 83.2 Å². The van der Waals surface area contributed by atoms with Gasteiger partial charge in [0.15, 0.2) is 11.6 Å². The summed E-state index contributed by atoms with van der Waals surface area (Å²) >= 11 is 6.38. The molecule has 2 aliphatic rings. The number of piperazine rings is 1. The predicted octanol–water partition coefficient (Wildman–Crippen LogP) is 4.15. The van der Waals surface area contributed by atoms with Gasteiger partial charge in [-0.15, -0.1) is 0 Å². The molecule has 2 aromatic carbocycles. The van der Waals surface area contributed by atoms with Crippen LogP contribution in [0.4, 0.5) is 16.0 Å². The third-order valence-corrected chi connectivity index (χ3v) is 7.64. The lowest BCUT2D eigenvalue weighted by molar-refractivity contribution is 0.0615. The number of fused-ring (bicyclic) bond motifs is 1. The Morgan fingerprint density at radius 3 is 2.77 bits per heavy atom. The summed E-state index contributed by atoms with van der Waals surface area (Å²) < 4.78 is 14.3. The molecular weight excluding hydrogens is 519 g/mol. The zero-order valence-electron chi connectivity index (χ0n) is 21.7. The van der Waals surface area contributed by atoms with Gasteiger partial charge in [-0.05, 0) is 30.2 Å². The van der Waals surface area contributed by atoms with Gasteiger partial charge in [-0.3, -0.25) is 9.69 Å². The van der Waals surface area contributed by atoms with Crippen molar-refractivity contribution in [1.82, 2.24) is 19.8 Å². The molecule has 0 spiro atoms. The molecule has 0 saturated carbocycles. The highest BCUT2D eigenvalue weighted by atomic mass is 35.5. The lowest BCUT2D eigenvalue weighted by Gasteiger charge is -2.34. The van der Waals surface area contributed by atoms with Crippen LogP contribution in [0.15, 0.2) is 49.2 Å². The molecule has 5 rings (SSSR count). The summed E-state index contributed by atoms with van der Waals surface area (Å²) in [4.78, 5) is 28.9. The minimum Gasteiger partial charge on any atom is -0.395 e. The smallest absolute Gasteiger partial charge is 0.253 e. The van der Waals surface area contributed by atoms with Crippen LogP contribution in [0.2, 0.25) is 5.02 Å². The summed E-state index contributed by atoms with van der Waals surface area (Å²) in [5, 5.41) is 12.6. The molecule has 0 radical (unpaired) electrons. The number of carbonyl (C=O) groups is 1. The molecule has 0 bridgehead atoms. The van der Waals surface area contributed by atoms with Gasteiger partial charge in [0.2, 0.25) is 0 Å². The first-order valence-corrected chi connectivity index (χ1v) is 13.5. The van der Waals surface area contributed by atoms with Crippen LogP contribution < -0.4 is 10.2 Å². The van der Waals surface area contributed by atoms with E-state index in [-0.39, 0.29) is 17.5 Å². The Bertz CT molecular complexity index is 1360. The SMILES string of the molecule is C=Cc1ccc(F)c(Cl)c1CN1CCCNc2ncc(-c3cccc(C(=O)N4CCN(CCO)CC4)c3)nc21. The van der Waals surface area contributed by atoms with Crippen LogP contribution in [-0.2, 0) is 6.54 Å². The lowest BCUT2D eigenvalue weighted by Crippen LogP contribution is -2.49. The number of aromatic nitrogens is 2. The Balaban J connectivity index is 1.41. The van der Waals surface area contributed by atoms with Gasteiger partial charge in [0.1, 0.15) is 5.82 Å². The van der Waals surface area contributed by atoms with Gasteiger partial charge in [-0.25, -0.2) is 14.4 Å². The van der Waals surface area contributed by atoms with Crippen molar-refractivity contribution in [2.75, 3.05) is 62.6 Å². The molecular formula is C29H32ClFN6O2. The Labute approximate surface area is 232 Å². The molecule has 0 unspecified atom stereocenters. The third-order valence-electron chi connectivity index (χ3n) is 7.23. The lowest BCUT2D eigenvalue weighted by atomic mass is 10.1. The number of aliphatic hydroxyl groups excluding tert-OH is 1. The molecule has 2 aliphatic heterocycles. The maximum Gasteiger partial charge on any atom is 0.253 e. The van der Waals surface area contributed by atoms with Crippen molar-refractivity contribution >= 4 is 35.2 Å². The van der Waals surface area contributed by atoms with E-state index in [2.05, 4.69) is 26.7 Å². The minimum absolute atomic E-state index is 0.0239. The summed E-state index contributed by atoms with van der Waals surface area (Å²) in [7, 11) is 0. The van der Waals surface area contributed by atoms with E-state index in [0.717, 1.165) is 37.2 Å². The fraction of sp³-hybridized carbons (Fsp3) is 0.345. The fourth-order valence-electron chi connectivity index (χ4n) is 5.06.